The third kappa shape index (κ3) is 3.05. The Hall–Kier alpha value is -0.0400. The first-order valence-corrected chi connectivity index (χ1v) is 7.19. The molecule has 1 saturated heterocycles. The van der Waals surface area contributed by atoms with Crippen molar-refractivity contribution < 1.29 is 8.78 Å². The lowest BCUT2D eigenvalue weighted by Gasteiger charge is -2.33. The third-order valence-electron chi connectivity index (χ3n) is 2.95. The highest BCUT2D eigenvalue weighted by molar-refractivity contribution is 9.11. The molecule has 1 atom stereocenters. The van der Waals surface area contributed by atoms with Crippen LogP contribution in [0.15, 0.2) is 9.85 Å². The number of piperazine rings is 1. The highest BCUT2D eigenvalue weighted by atomic mass is 79.9. The fourth-order valence-electron chi connectivity index (χ4n) is 2.05. The molecule has 0 aliphatic carbocycles. The predicted molar refractivity (Wildman–Crippen MR) is 69.9 cm³/mol. The molecule has 0 saturated carbocycles. The molecule has 1 N–H and O–H groups in total. The number of thiophene rings is 1. The van der Waals surface area contributed by atoms with Crippen LogP contribution in [0.4, 0.5) is 8.78 Å². The summed E-state index contributed by atoms with van der Waals surface area (Å²) in [5.41, 5.74) is 1.03. The van der Waals surface area contributed by atoms with E-state index in [2.05, 4.69) is 21.2 Å². The van der Waals surface area contributed by atoms with Crippen LogP contribution in [-0.4, -0.2) is 37.5 Å². The van der Waals surface area contributed by atoms with Gasteiger partial charge in [0, 0.05) is 31.1 Å². The first-order valence-electron chi connectivity index (χ1n) is 5.58. The minimum Gasteiger partial charge on any atom is -0.314 e. The van der Waals surface area contributed by atoms with E-state index in [1.807, 2.05) is 17.9 Å². The predicted octanol–water partition coefficient (Wildman–Crippen LogP) is 3.03. The Morgan fingerprint density at radius 3 is 2.53 bits per heavy atom. The fraction of sp³-hybridized carbons (Fsp3) is 0.636. The summed E-state index contributed by atoms with van der Waals surface area (Å²) < 4.78 is 27.4. The van der Waals surface area contributed by atoms with Gasteiger partial charge in [-0.15, -0.1) is 11.3 Å². The van der Waals surface area contributed by atoms with Gasteiger partial charge in [0.05, 0.1) is 3.79 Å². The first-order chi connectivity index (χ1) is 8.09. The van der Waals surface area contributed by atoms with Gasteiger partial charge in [-0.3, -0.25) is 4.90 Å². The Kier molecular flexibility index (Phi) is 4.52. The third-order valence-corrected chi connectivity index (χ3v) is 5.16. The van der Waals surface area contributed by atoms with Crippen molar-refractivity contribution in [2.24, 2.45) is 0 Å². The fourth-order valence-corrected chi connectivity index (χ4v) is 3.76. The molecule has 1 aliphatic heterocycles. The van der Waals surface area contributed by atoms with E-state index in [-0.39, 0.29) is 0 Å². The number of nitrogens with zero attached hydrogens (tertiary/aromatic N) is 1. The van der Waals surface area contributed by atoms with Crippen LogP contribution < -0.4 is 5.32 Å². The molecular formula is C11H15BrF2N2S. The monoisotopic (exact) mass is 324 g/mol. The lowest BCUT2D eigenvalue weighted by atomic mass is 10.1. The van der Waals surface area contributed by atoms with Crippen LogP contribution in [0.5, 0.6) is 0 Å². The van der Waals surface area contributed by atoms with E-state index < -0.39 is 12.5 Å². The second-order valence-corrected chi connectivity index (χ2v) is 6.57. The van der Waals surface area contributed by atoms with Crippen LogP contribution in [0.3, 0.4) is 0 Å². The number of rotatable bonds is 3. The van der Waals surface area contributed by atoms with Gasteiger partial charge in [-0.25, -0.2) is 8.78 Å². The molecule has 96 valence electrons. The lowest BCUT2D eigenvalue weighted by Crippen LogP contribution is -2.46. The Morgan fingerprint density at radius 2 is 2.06 bits per heavy atom. The molecule has 0 aromatic carbocycles. The molecule has 17 heavy (non-hydrogen) atoms. The Labute approximate surface area is 112 Å². The van der Waals surface area contributed by atoms with Crippen LogP contribution >= 0.6 is 27.3 Å². The van der Waals surface area contributed by atoms with Crippen molar-refractivity contribution in [2.45, 2.75) is 19.4 Å². The highest BCUT2D eigenvalue weighted by Crippen LogP contribution is 2.37. The first kappa shape index (κ1) is 13.4. The molecule has 6 heteroatoms. The molecule has 0 spiro atoms. The number of halogens is 3. The van der Waals surface area contributed by atoms with Crippen LogP contribution in [-0.2, 0) is 0 Å². The number of hydrogen-bond acceptors (Lipinski definition) is 3. The molecule has 2 rings (SSSR count). The van der Waals surface area contributed by atoms with Crippen molar-refractivity contribution in [1.82, 2.24) is 10.2 Å². The van der Waals surface area contributed by atoms with E-state index in [4.69, 9.17) is 0 Å². The molecule has 0 radical (unpaired) electrons. The normalized spacial score (nSPS) is 19.8. The van der Waals surface area contributed by atoms with Crippen LogP contribution in [0.25, 0.3) is 0 Å². The topological polar surface area (TPSA) is 15.3 Å². The smallest absolute Gasteiger partial charge is 0.258 e. The van der Waals surface area contributed by atoms with Crippen molar-refractivity contribution in [3.05, 3.63) is 20.3 Å². The van der Waals surface area contributed by atoms with Gasteiger partial charge in [0.2, 0.25) is 0 Å². The second-order valence-electron chi connectivity index (χ2n) is 4.17. The molecule has 1 aromatic heterocycles. The summed E-state index contributed by atoms with van der Waals surface area (Å²) in [6.45, 7) is 4.88. The van der Waals surface area contributed by atoms with Crippen LogP contribution in [0, 0.1) is 6.92 Å². The Bertz CT molecular complexity index is 358. The largest absolute Gasteiger partial charge is 0.314 e. The molecule has 2 heterocycles. The zero-order valence-electron chi connectivity index (χ0n) is 9.55. The number of hydrogen-bond donors (Lipinski definition) is 1. The maximum atomic E-state index is 13.2. The van der Waals surface area contributed by atoms with Crippen molar-refractivity contribution in [3.8, 4) is 0 Å². The zero-order valence-corrected chi connectivity index (χ0v) is 12.0. The van der Waals surface area contributed by atoms with E-state index in [0.717, 1.165) is 27.3 Å². The molecule has 0 amide bonds. The summed E-state index contributed by atoms with van der Waals surface area (Å²) >= 11 is 4.82. The lowest BCUT2D eigenvalue weighted by molar-refractivity contribution is 0.0200. The standard InChI is InChI=1S/C11H15BrF2N2S/c1-7-6-8(17-10(7)12)9(11(13)14)16-4-2-15-3-5-16/h6,9,11,15H,2-5H2,1H3/t9-/m0/s1. The number of aryl methyl sites for hydroxylation is 1. The quantitative estimate of drug-likeness (QED) is 0.919. The van der Waals surface area contributed by atoms with Crippen molar-refractivity contribution >= 4 is 27.3 Å². The summed E-state index contributed by atoms with van der Waals surface area (Å²) in [6.07, 6.45) is -2.34. The average Bonchev–Trinajstić information content (AvgIpc) is 2.60. The Morgan fingerprint density at radius 1 is 1.41 bits per heavy atom. The van der Waals surface area contributed by atoms with E-state index in [9.17, 15) is 8.78 Å². The molecule has 1 aromatic rings. The van der Waals surface area contributed by atoms with Gasteiger partial charge in [-0.05, 0) is 34.5 Å². The minimum absolute atomic E-state index is 0.684. The SMILES string of the molecule is Cc1cc([C@@H](C(F)F)N2CCNCC2)sc1Br. The molecular weight excluding hydrogens is 310 g/mol. The van der Waals surface area contributed by atoms with Gasteiger partial charge in [0.25, 0.3) is 6.43 Å². The average molecular weight is 325 g/mol. The van der Waals surface area contributed by atoms with Gasteiger partial charge < -0.3 is 5.32 Å². The van der Waals surface area contributed by atoms with Gasteiger partial charge in [-0.1, -0.05) is 0 Å². The maximum Gasteiger partial charge on any atom is 0.258 e. The van der Waals surface area contributed by atoms with E-state index >= 15 is 0 Å². The maximum absolute atomic E-state index is 13.2. The number of alkyl halides is 2. The van der Waals surface area contributed by atoms with E-state index in [0.29, 0.717) is 13.1 Å². The highest BCUT2D eigenvalue weighted by Gasteiger charge is 2.31. The van der Waals surface area contributed by atoms with E-state index in [1.54, 1.807) is 0 Å². The van der Waals surface area contributed by atoms with Crippen LogP contribution in [0.2, 0.25) is 0 Å². The molecule has 0 unspecified atom stereocenters. The summed E-state index contributed by atoms with van der Waals surface area (Å²) in [4.78, 5) is 2.63. The van der Waals surface area contributed by atoms with E-state index in [1.165, 1.54) is 11.3 Å². The second kappa shape index (κ2) is 5.73. The summed E-state index contributed by atoms with van der Waals surface area (Å²) in [7, 11) is 0. The summed E-state index contributed by atoms with van der Waals surface area (Å²) in [5.74, 6) is 0. The van der Waals surface area contributed by atoms with Crippen LogP contribution in [0.1, 0.15) is 16.5 Å². The molecule has 2 nitrogen and oxygen atoms in total. The molecule has 1 fully saturated rings. The number of nitrogens with one attached hydrogen (secondary N) is 1. The molecule has 0 bridgehead atoms. The zero-order chi connectivity index (χ0) is 12.4. The molecule has 1 aliphatic rings. The van der Waals surface area contributed by atoms with Gasteiger partial charge >= 0.3 is 0 Å². The summed E-state index contributed by atoms with van der Waals surface area (Å²) in [5, 5.41) is 3.18. The van der Waals surface area contributed by atoms with Gasteiger partial charge in [-0.2, -0.15) is 0 Å². The van der Waals surface area contributed by atoms with Crippen molar-refractivity contribution in [2.75, 3.05) is 26.2 Å². The van der Waals surface area contributed by atoms with Gasteiger partial charge in [0.15, 0.2) is 0 Å². The van der Waals surface area contributed by atoms with Gasteiger partial charge in [0.1, 0.15) is 6.04 Å². The summed E-state index contributed by atoms with van der Waals surface area (Å²) in [6, 6.07) is 1.11. The minimum atomic E-state index is -2.34. The Balaban J connectivity index is 2.21. The van der Waals surface area contributed by atoms with Crippen molar-refractivity contribution in [1.29, 1.82) is 0 Å². The van der Waals surface area contributed by atoms with Crippen molar-refractivity contribution in [3.63, 3.8) is 0 Å².